The zero-order valence-corrected chi connectivity index (χ0v) is 22.8. The molecule has 0 N–H and O–H groups in total. The Morgan fingerprint density at radius 2 is 1.89 bits per heavy atom. The van der Waals surface area contributed by atoms with E-state index < -0.39 is 15.4 Å². The number of likely N-dealkylation sites (N-methyl/N-ethyl adjacent to an activating group) is 1. The molecule has 1 unspecified atom stereocenters. The average molecular weight is 545 g/mol. The van der Waals surface area contributed by atoms with Gasteiger partial charge in [0.05, 0.1) is 21.7 Å². The monoisotopic (exact) mass is 543 g/mol. The third-order valence-corrected chi connectivity index (χ3v) is 8.82. The van der Waals surface area contributed by atoms with Crippen LogP contribution >= 0.6 is 23.2 Å². The summed E-state index contributed by atoms with van der Waals surface area (Å²) in [6.07, 6.45) is 1.72. The lowest BCUT2D eigenvalue weighted by Gasteiger charge is -2.40. The Hall–Kier alpha value is -1.71. The molecule has 0 bridgehead atoms. The average Bonchev–Trinajstić information content (AvgIpc) is 2.78. The van der Waals surface area contributed by atoms with Gasteiger partial charge in [0.1, 0.15) is 5.82 Å². The molecule has 0 saturated carbocycles. The third kappa shape index (κ3) is 6.74. The zero-order valence-electron chi connectivity index (χ0n) is 20.5. The van der Waals surface area contributed by atoms with E-state index in [9.17, 15) is 17.6 Å². The van der Waals surface area contributed by atoms with Crippen molar-refractivity contribution >= 4 is 39.1 Å². The lowest BCUT2D eigenvalue weighted by molar-refractivity contribution is -0.136. The maximum absolute atomic E-state index is 13.8. The van der Waals surface area contributed by atoms with Crippen LogP contribution in [0.2, 0.25) is 10.0 Å². The minimum absolute atomic E-state index is 0.122. The first-order valence-electron chi connectivity index (χ1n) is 11.5. The Kier molecular flexibility index (Phi) is 8.86. The van der Waals surface area contributed by atoms with E-state index >= 15 is 0 Å². The molecule has 192 valence electrons. The quantitative estimate of drug-likeness (QED) is 0.494. The predicted octanol–water partition coefficient (Wildman–Crippen LogP) is 4.40. The number of hydrogen-bond donors (Lipinski definition) is 0. The molecule has 1 aliphatic rings. The summed E-state index contributed by atoms with van der Waals surface area (Å²) in [5.74, 6) is -0.471. The second kappa shape index (κ2) is 11.1. The van der Waals surface area contributed by atoms with Crippen molar-refractivity contribution in [1.82, 2.24) is 14.1 Å². The van der Waals surface area contributed by atoms with E-state index in [1.165, 1.54) is 22.7 Å². The summed E-state index contributed by atoms with van der Waals surface area (Å²) in [4.78, 5) is 17.6. The van der Waals surface area contributed by atoms with Crippen LogP contribution in [-0.4, -0.2) is 74.0 Å². The number of piperazine rings is 1. The van der Waals surface area contributed by atoms with Crippen LogP contribution in [0.25, 0.3) is 0 Å². The maximum Gasteiger partial charge on any atom is 0.233 e. The Bertz CT molecular complexity index is 1180. The number of nitrogens with zero attached hydrogens (tertiary/aromatic N) is 3. The van der Waals surface area contributed by atoms with Gasteiger partial charge < -0.3 is 9.80 Å². The highest BCUT2D eigenvalue weighted by Gasteiger charge is 2.39. The highest BCUT2D eigenvalue weighted by Crippen LogP contribution is 2.35. The molecule has 1 aliphatic heterocycles. The molecule has 0 aromatic heterocycles. The Labute approximate surface area is 217 Å². The van der Waals surface area contributed by atoms with Gasteiger partial charge in [-0.2, -0.15) is 4.31 Å². The smallest absolute Gasteiger partial charge is 0.233 e. The van der Waals surface area contributed by atoms with Gasteiger partial charge in [-0.3, -0.25) is 4.79 Å². The van der Waals surface area contributed by atoms with Crippen LogP contribution in [0.15, 0.2) is 42.5 Å². The number of rotatable bonds is 8. The van der Waals surface area contributed by atoms with E-state index in [0.29, 0.717) is 48.2 Å². The molecule has 2 atom stereocenters. The molecular formula is C25H32Cl2FN3O3S. The summed E-state index contributed by atoms with van der Waals surface area (Å²) >= 11 is 12.4. The first kappa shape index (κ1) is 27.9. The molecule has 1 fully saturated rings. The zero-order chi connectivity index (χ0) is 26.0. The van der Waals surface area contributed by atoms with Gasteiger partial charge in [0.25, 0.3) is 0 Å². The topological polar surface area (TPSA) is 60.9 Å². The van der Waals surface area contributed by atoms with Crippen LogP contribution in [-0.2, 0) is 26.8 Å². The Morgan fingerprint density at radius 1 is 1.17 bits per heavy atom. The van der Waals surface area contributed by atoms with Gasteiger partial charge in [-0.25, -0.2) is 12.8 Å². The van der Waals surface area contributed by atoms with Crippen LogP contribution in [0.4, 0.5) is 4.39 Å². The summed E-state index contributed by atoms with van der Waals surface area (Å²) in [5.41, 5.74) is 0.516. The summed E-state index contributed by atoms with van der Waals surface area (Å²) in [6.45, 7) is 6.21. The van der Waals surface area contributed by atoms with E-state index in [0.717, 1.165) is 5.56 Å². The number of carbonyl (C=O) groups is 1. The summed E-state index contributed by atoms with van der Waals surface area (Å²) in [5, 5.41) is 0.774. The molecule has 0 aliphatic carbocycles. The van der Waals surface area contributed by atoms with Gasteiger partial charge in [-0.05, 0) is 62.2 Å². The van der Waals surface area contributed by atoms with Crippen LogP contribution < -0.4 is 0 Å². The molecule has 1 heterocycles. The molecule has 1 amide bonds. The molecule has 0 radical (unpaired) electrons. The third-order valence-electron chi connectivity index (χ3n) is 6.69. The van der Waals surface area contributed by atoms with Crippen molar-refractivity contribution in [2.24, 2.45) is 0 Å². The number of carbonyl (C=O) groups excluding carboxylic acids is 1. The maximum atomic E-state index is 13.8. The second-order valence-electron chi connectivity index (χ2n) is 9.53. The molecule has 1 saturated heterocycles. The first-order chi connectivity index (χ1) is 16.3. The van der Waals surface area contributed by atoms with E-state index in [1.54, 1.807) is 36.2 Å². The Morgan fingerprint density at radius 3 is 2.49 bits per heavy atom. The van der Waals surface area contributed by atoms with Crippen LogP contribution in [0.1, 0.15) is 31.4 Å². The van der Waals surface area contributed by atoms with Gasteiger partial charge in [0, 0.05) is 39.3 Å². The molecule has 6 nitrogen and oxygen atoms in total. The van der Waals surface area contributed by atoms with Crippen molar-refractivity contribution in [2.45, 2.75) is 38.3 Å². The predicted molar refractivity (Wildman–Crippen MR) is 139 cm³/mol. The van der Waals surface area contributed by atoms with Gasteiger partial charge in [-0.15, -0.1) is 0 Å². The van der Waals surface area contributed by atoms with Crippen molar-refractivity contribution in [3.05, 3.63) is 69.5 Å². The number of sulfonamides is 1. The van der Waals surface area contributed by atoms with E-state index in [4.69, 9.17) is 23.2 Å². The summed E-state index contributed by atoms with van der Waals surface area (Å²) in [6, 6.07) is 11.3. The molecule has 3 rings (SSSR count). The number of hydrogen-bond acceptors (Lipinski definition) is 4. The first-order valence-corrected chi connectivity index (χ1v) is 14.1. The summed E-state index contributed by atoms with van der Waals surface area (Å²) in [7, 11) is -1.55. The van der Waals surface area contributed by atoms with Crippen molar-refractivity contribution in [3.63, 3.8) is 0 Å². The van der Waals surface area contributed by atoms with Crippen molar-refractivity contribution in [2.75, 3.05) is 39.5 Å². The lowest BCUT2D eigenvalue weighted by Crippen LogP contribution is -2.54. The number of benzene rings is 2. The lowest BCUT2D eigenvalue weighted by atomic mass is 9.77. The van der Waals surface area contributed by atoms with Crippen LogP contribution in [0, 0.1) is 5.82 Å². The molecular weight excluding hydrogens is 512 g/mol. The fourth-order valence-electron chi connectivity index (χ4n) is 4.71. The van der Waals surface area contributed by atoms with Crippen molar-refractivity contribution in [1.29, 1.82) is 0 Å². The SMILES string of the molecule is C[C@@H]1CN(CCC(C)(C(=O)N(C)Cc2cccc(F)c2)c2ccc(Cl)c(Cl)c2)CCN1S(C)(=O)=O. The molecule has 35 heavy (non-hydrogen) atoms. The largest absolute Gasteiger partial charge is 0.341 e. The van der Waals surface area contributed by atoms with E-state index in [1.807, 2.05) is 19.9 Å². The molecule has 2 aromatic rings. The summed E-state index contributed by atoms with van der Waals surface area (Å²) < 4.78 is 39.2. The highest BCUT2D eigenvalue weighted by atomic mass is 35.5. The second-order valence-corrected chi connectivity index (χ2v) is 12.3. The minimum atomic E-state index is -3.26. The minimum Gasteiger partial charge on any atom is -0.341 e. The van der Waals surface area contributed by atoms with Crippen molar-refractivity contribution < 1.29 is 17.6 Å². The van der Waals surface area contributed by atoms with Gasteiger partial charge in [-0.1, -0.05) is 41.4 Å². The number of amides is 1. The normalized spacial score (nSPS) is 19.3. The standard InChI is InChI=1S/C25H32Cl2FN3O3S/c1-18-16-30(12-13-31(18)35(4,33)34)11-10-25(2,20-8-9-22(26)23(27)15-20)24(32)29(3)17-19-6-5-7-21(28)14-19/h5-9,14-15,18H,10-13,16-17H2,1-4H3/t18-,25?/m1/s1. The van der Waals surface area contributed by atoms with E-state index in [-0.39, 0.29) is 24.3 Å². The van der Waals surface area contributed by atoms with Gasteiger partial charge >= 0.3 is 0 Å². The molecule has 2 aromatic carbocycles. The number of halogens is 3. The molecule has 0 spiro atoms. The fraction of sp³-hybridized carbons (Fsp3) is 0.480. The van der Waals surface area contributed by atoms with Crippen molar-refractivity contribution in [3.8, 4) is 0 Å². The molecule has 10 heteroatoms. The van der Waals surface area contributed by atoms with Crippen LogP contribution in [0.3, 0.4) is 0 Å². The van der Waals surface area contributed by atoms with E-state index in [2.05, 4.69) is 4.90 Å². The van der Waals surface area contributed by atoms with Gasteiger partial charge in [0.15, 0.2) is 0 Å². The van der Waals surface area contributed by atoms with Gasteiger partial charge in [0.2, 0.25) is 15.9 Å². The highest BCUT2D eigenvalue weighted by molar-refractivity contribution is 7.88. The van der Waals surface area contributed by atoms with Crippen LogP contribution in [0.5, 0.6) is 0 Å². The fourth-order valence-corrected chi connectivity index (χ4v) is 6.14. The Balaban J connectivity index is 1.82.